The summed E-state index contributed by atoms with van der Waals surface area (Å²) < 4.78 is 0. The summed E-state index contributed by atoms with van der Waals surface area (Å²) >= 11 is 0. The van der Waals surface area contributed by atoms with E-state index in [1.165, 1.54) is 19.3 Å². The molecule has 0 aliphatic heterocycles. The van der Waals surface area contributed by atoms with Crippen molar-refractivity contribution >= 4 is 0 Å². The van der Waals surface area contributed by atoms with Crippen LogP contribution in [-0.2, 0) is 0 Å². The van der Waals surface area contributed by atoms with Crippen LogP contribution in [0.2, 0.25) is 0 Å². The number of nitrogens with two attached hydrogens (primary N) is 1. The van der Waals surface area contributed by atoms with E-state index in [0.29, 0.717) is 17.5 Å². The zero-order valence-electron chi connectivity index (χ0n) is 10.4. The van der Waals surface area contributed by atoms with Crippen LogP contribution >= 0.6 is 0 Å². The molecule has 2 nitrogen and oxygen atoms in total. The van der Waals surface area contributed by atoms with E-state index >= 15 is 0 Å². The van der Waals surface area contributed by atoms with Gasteiger partial charge in [-0.15, -0.1) is 0 Å². The molecule has 0 heterocycles. The van der Waals surface area contributed by atoms with E-state index in [2.05, 4.69) is 39.8 Å². The van der Waals surface area contributed by atoms with Crippen molar-refractivity contribution in [3.63, 3.8) is 0 Å². The van der Waals surface area contributed by atoms with Crippen LogP contribution in [0.3, 0.4) is 0 Å². The van der Waals surface area contributed by atoms with E-state index in [9.17, 15) is 0 Å². The van der Waals surface area contributed by atoms with Crippen LogP contribution in [0, 0.1) is 11.3 Å². The molecule has 0 radical (unpaired) electrons. The van der Waals surface area contributed by atoms with Gasteiger partial charge in [-0.25, -0.2) is 0 Å². The van der Waals surface area contributed by atoms with E-state index in [4.69, 9.17) is 5.73 Å². The van der Waals surface area contributed by atoms with E-state index in [-0.39, 0.29) is 0 Å². The molecule has 0 bridgehead atoms. The molecule has 1 saturated carbocycles. The molecule has 0 saturated heterocycles. The first-order chi connectivity index (χ1) is 6.32. The van der Waals surface area contributed by atoms with Crippen molar-refractivity contribution in [1.29, 1.82) is 0 Å². The maximum Gasteiger partial charge on any atom is 0.0243 e. The van der Waals surface area contributed by atoms with Gasteiger partial charge in [-0.3, -0.25) is 0 Å². The lowest BCUT2D eigenvalue weighted by Crippen LogP contribution is -2.50. The summed E-state index contributed by atoms with van der Waals surface area (Å²) in [5, 5.41) is 0. The highest BCUT2D eigenvalue weighted by molar-refractivity contribution is 4.91. The van der Waals surface area contributed by atoms with E-state index in [1.807, 2.05) is 0 Å². The van der Waals surface area contributed by atoms with E-state index in [1.54, 1.807) is 0 Å². The molecular formula is C12H26N2. The summed E-state index contributed by atoms with van der Waals surface area (Å²) in [5.74, 6) is 0.828. The van der Waals surface area contributed by atoms with Crippen LogP contribution in [-0.4, -0.2) is 31.1 Å². The van der Waals surface area contributed by atoms with Crippen molar-refractivity contribution in [2.75, 3.05) is 14.1 Å². The van der Waals surface area contributed by atoms with Gasteiger partial charge in [0, 0.05) is 12.1 Å². The Labute approximate surface area is 88.8 Å². The van der Waals surface area contributed by atoms with Gasteiger partial charge in [0.1, 0.15) is 0 Å². The van der Waals surface area contributed by atoms with E-state index in [0.717, 1.165) is 5.92 Å². The minimum atomic E-state index is 0.378. The number of hydrogen-bond acceptors (Lipinski definition) is 2. The highest BCUT2D eigenvalue weighted by atomic mass is 15.1. The Hall–Kier alpha value is -0.0800. The van der Waals surface area contributed by atoms with Gasteiger partial charge in [0.2, 0.25) is 0 Å². The van der Waals surface area contributed by atoms with Gasteiger partial charge < -0.3 is 10.6 Å². The second-order valence-electron chi connectivity index (χ2n) is 6.07. The van der Waals surface area contributed by atoms with Crippen LogP contribution < -0.4 is 5.73 Å². The molecule has 0 amide bonds. The van der Waals surface area contributed by atoms with Crippen LogP contribution in [0.25, 0.3) is 0 Å². The third-order valence-electron chi connectivity index (χ3n) is 3.76. The van der Waals surface area contributed by atoms with Crippen molar-refractivity contribution < 1.29 is 0 Å². The zero-order chi connectivity index (χ0) is 10.9. The average Bonchev–Trinajstić information content (AvgIpc) is 2.02. The largest absolute Gasteiger partial charge is 0.326 e. The smallest absolute Gasteiger partial charge is 0.0243 e. The van der Waals surface area contributed by atoms with Crippen molar-refractivity contribution in [3.05, 3.63) is 0 Å². The fourth-order valence-electron chi connectivity index (χ4n) is 2.55. The number of likely N-dealkylation sites (N-methyl/N-ethyl adjacent to an activating group) is 1. The normalized spacial score (nSPS) is 34.9. The third-order valence-corrected chi connectivity index (χ3v) is 3.76. The second kappa shape index (κ2) is 4.19. The van der Waals surface area contributed by atoms with Gasteiger partial charge >= 0.3 is 0 Å². The number of rotatable bonds is 1. The van der Waals surface area contributed by atoms with Gasteiger partial charge in [-0.2, -0.15) is 0 Å². The molecular weight excluding hydrogens is 172 g/mol. The maximum absolute atomic E-state index is 6.14. The SMILES string of the molecule is CN(C)C1CC(C(C)(C)C)CCC1N. The lowest BCUT2D eigenvalue weighted by molar-refractivity contribution is 0.0973. The molecule has 2 heteroatoms. The quantitative estimate of drug-likeness (QED) is 0.699. The average molecular weight is 198 g/mol. The molecule has 1 aliphatic carbocycles. The highest BCUT2D eigenvalue weighted by Crippen LogP contribution is 2.38. The third kappa shape index (κ3) is 2.71. The van der Waals surface area contributed by atoms with Crippen molar-refractivity contribution in [3.8, 4) is 0 Å². The minimum absolute atomic E-state index is 0.378. The van der Waals surface area contributed by atoms with Gasteiger partial charge in [-0.05, 0) is 44.7 Å². The predicted octanol–water partition coefficient (Wildman–Crippen LogP) is 2.09. The molecule has 2 N–H and O–H groups in total. The molecule has 0 spiro atoms. The van der Waals surface area contributed by atoms with Crippen molar-refractivity contribution in [1.82, 2.24) is 4.90 Å². The maximum atomic E-state index is 6.14. The van der Waals surface area contributed by atoms with Gasteiger partial charge in [-0.1, -0.05) is 20.8 Å². The molecule has 1 fully saturated rings. The molecule has 84 valence electrons. The van der Waals surface area contributed by atoms with Crippen LogP contribution in [0.15, 0.2) is 0 Å². The second-order valence-corrected chi connectivity index (χ2v) is 6.07. The molecule has 0 aromatic heterocycles. The Bertz CT molecular complexity index is 181. The predicted molar refractivity (Wildman–Crippen MR) is 62.2 cm³/mol. The first-order valence-corrected chi connectivity index (χ1v) is 5.74. The summed E-state index contributed by atoms with van der Waals surface area (Å²) in [6, 6.07) is 0.955. The number of nitrogens with zero attached hydrogens (tertiary/aromatic N) is 1. The molecule has 1 aliphatic rings. The molecule has 3 atom stereocenters. The molecule has 0 aromatic carbocycles. The summed E-state index contributed by atoms with van der Waals surface area (Å²) in [6.45, 7) is 7.05. The van der Waals surface area contributed by atoms with Gasteiger partial charge in [0.05, 0.1) is 0 Å². The summed E-state index contributed by atoms with van der Waals surface area (Å²) in [7, 11) is 4.30. The molecule has 14 heavy (non-hydrogen) atoms. The monoisotopic (exact) mass is 198 g/mol. The Kier molecular flexibility index (Phi) is 3.59. The lowest BCUT2D eigenvalue weighted by atomic mass is 9.69. The molecule has 3 unspecified atom stereocenters. The van der Waals surface area contributed by atoms with Crippen LogP contribution in [0.1, 0.15) is 40.0 Å². The van der Waals surface area contributed by atoms with Gasteiger partial charge in [0.15, 0.2) is 0 Å². The van der Waals surface area contributed by atoms with Crippen LogP contribution in [0.4, 0.5) is 0 Å². The first-order valence-electron chi connectivity index (χ1n) is 5.74. The summed E-state index contributed by atoms with van der Waals surface area (Å²) in [6.07, 6.45) is 3.75. The molecule has 1 rings (SSSR count). The van der Waals surface area contributed by atoms with Crippen molar-refractivity contribution in [2.24, 2.45) is 17.1 Å². The Morgan fingerprint density at radius 1 is 1.14 bits per heavy atom. The first kappa shape index (κ1) is 12.0. The Morgan fingerprint density at radius 2 is 1.71 bits per heavy atom. The number of hydrogen-bond donors (Lipinski definition) is 1. The topological polar surface area (TPSA) is 29.3 Å². The summed E-state index contributed by atoms with van der Waals surface area (Å²) in [4.78, 5) is 2.29. The highest BCUT2D eigenvalue weighted by Gasteiger charge is 2.35. The lowest BCUT2D eigenvalue weighted by Gasteiger charge is -2.43. The van der Waals surface area contributed by atoms with Gasteiger partial charge in [0.25, 0.3) is 0 Å². The Morgan fingerprint density at radius 3 is 2.14 bits per heavy atom. The summed E-state index contributed by atoms with van der Waals surface area (Å²) in [5.41, 5.74) is 6.58. The minimum Gasteiger partial charge on any atom is -0.326 e. The fourth-order valence-corrected chi connectivity index (χ4v) is 2.55. The molecule has 0 aromatic rings. The van der Waals surface area contributed by atoms with Crippen LogP contribution in [0.5, 0.6) is 0 Å². The standard InChI is InChI=1S/C12H26N2/c1-12(2,3)9-6-7-10(13)11(8-9)14(4)5/h9-11H,6-8,13H2,1-5H3. The van der Waals surface area contributed by atoms with E-state index < -0.39 is 0 Å². The Balaban J connectivity index is 2.62. The van der Waals surface area contributed by atoms with Crippen molar-refractivity contribution in [2.45, 2.75) is 52.1 Å². The zero-order valence-corrected chi connectivity index (χ0v) is 10.4. The fraction of sp³-hybridized carbons (Fsp3) is 1.00.